The van der Waals surface area contributed by atoms with E-state index in [4.69, 9.17) is 19.3 Å². The molecule has 0 heterocycles. The lowest BCUT2D eigenvalue weighted by Gasteiger charge is -2.18. The smallest absolute Gasteiger partial charge is 0.462 e. The van der Waals surface area contributed by atoms with Crippen molar-refractivity contribution in [3.05, 3.63) is 36.5 Å². The Morgan fingerprint density at radius 2 is 0.870 bits per heavy atom. The van der Waals surface area contributed by atoms with E-state index in [1.165, 1.54) is 141 Å². The second-order valence-electron chi connectivity index (χ2n) is 15.0. The molecular formula is C45H83O8P. The molecule has 0 fully saturated rings. The first-order chi connectivity index (χ1) is 26.3. The normalized spacial score (nSPS) is 12.7. The van der Waals surface area contributed by atoms with Gasteiger partial charge in [-0.25, -0.2) is 4.57 Å². The second kappa shape index (κ2) is 40.9. The van der Waals surface area contributed by atoms with E-state index < -0.39 is 32.5 Å². The van der Waals surface area contributed by atoms with Crippen LogP contribution in [0.5, 0.6) is 0 Å². The Bertz CT molecular complexity index is 973. The lowest BCUT2D eigenvalue weighted by molar-refractivity contribution is -0.161. The van der Waals surface area contributed by atoms with Gasteiger partial charge in [-0.3, -0.25) is 14.1 Å². The van der Waals surface area contributed by atoms with Crippen LogP contribution in [0.15, 0.2) is 36.5 Å². The SMILES string of the molecule is CCCCCCCC/C=C/C/C=C/CCC(=O)OC(COC(=O)CCCCCCCCC/C=C/CCCCCCCCCCCCCC)COP(=O)(O)O. The molecule has 0 saturated carbocycles. The van der Waals surface area contributed by atoms with E-state index in [0.717, 1.165) is 38.5 Å². The zero-order valence-electron chi connectivity index (χ0n) is 34.9. The number of ether oxygens (including phenoxy) is 2. The Labute approximate surface area is 332 Å². The average Bonchev–Trinajstić information content (AvgIpc) is 3.14. The molecule has 0 aromatic rings. The van der Waals surface area contributed by atoms with Crippen LogP contribution in [0, 0.1) is 0 Å². The van der Waals surface area contributed by atoms with Gasteiger partial charge in [-0.1, -0.05) is 185 Å². The highest BCUT2D eigenvalue weighted by atomic mass is 31.2. The van der Waals surface area contributed by atoms with Gasteiger partial charge < -0.3 is 19.3 Å². The van der Waals surface area contributed by atoms with E-state index in [2.05, 4.69) is 42.7 Å². The molecule has 0 radical (unpaired) electrons. The van der Waals surface area contributed by atoms with Gasteiger partial charge in [-0.05, 0) is 57.8 Å². The Morgan fingerprint density at radius 1 is 0.481 bits per heavy atom. The number of phosphoric acid groups is 1. The van der Waals surface area contributed by atoms with Gasteiger partial charge in [-0.2, -0.15) is 0 Å². The zero-order valence-corrected chi connectivity index (χ0v) is 35.8. The highest BCUT2D eigenvalue weighted by molar-refractivity contribution is 7.46. The first kappa shape index (κ1) is 52.3. The van der Waals surface area contributed by atoms with Crippen LogP contribution in [0.1, 0.15) is 219 Å². The van der Waals surface area contributed by atoms with E-state index in [-0.39, 0.29) is 19.4 Å². The second-order valence-corrected chi connectivity index (χ2v) is 16.3. The summed E-state index contributed by atoms with van der Waals surface area (Å²) in [4.78, 5) is 42.8. The summed E-state index contributed by atoms with van der Waals surface area (Å²) in [5.41, 5.74) is 0. The summed E-state index contributed by atoms with van der Waals surface area (Å²) in [6.45, 7) is 3.64. The maximum absolute atomic E-state index is 12.3. The molecule has 8 nitrogen and oxygen atoms in total. The van der Waals surface area contributed by atoms with Crippen LogP contribution in [0.3, 0.4) is 0 Å². The van der Waals surface area contributed by atoms with Crippen LogP contribution in [0.2, 0.25) is 0 Å². The molecule has 0 aromatic heterocycles. The molecule has 0 aromatic carbocycles. The summed E-state index contributed by atoms with van der Waals surface area (Å²) in [7, 11) is -4.77. The number of unbranched alkanes of at least 4 members (excludes halogenated alkanes) is 25. The number of carbonyl (C=O) groups is 2. The maximum Gasteiger partial charge on any atom is 0.469 e. The van der Waals surface area contributed by atoms with Gasteiger partial charge in [0.25, 0.3) is 0 Å². The fourth-order valence-corrected chi connectivity index (χ4v) is 6.66. The van der Waals surface area contributed by atoms with Crippen molar-refractivity contribution in [3.63, 3.8) is 0 Å². The molecule has 2 N–H and O–H groups in total. The quantitative estimate of drug-likeness (QED) is 0.0272. The molecule has 0 aliphatic heterocycles. The Kier molecular flexibility index (Phi) is 39.6. The van der Waals surface area contributed by atoms with Gasteiger partial charge in [0.2, 0.25) is 0 Å². The number of carbonyl (C=O) groups excluding carboxylic acids is 2. The summed E-state index contributed by atoms with van der Waals surface area (Å²) in [6.07, 6.45) is 49.0. The Hall–Kier alpha value is -1.73. The van der Waals surface area contributed by atoms with Crippen molar-refractivity contribution in [3.8, 4) is 0 Å². The van der Waals surface area contributed by atoms with Crippen molar-refractivity contribution in [2.75, 3.05) is 13.2 Å². The van der Waals surface area contributed by atoms with E-state index in [1.807, 2.05) is 12.2 Å². The highest BCUT2D eigenvalue weighted by Crippen LogP contribution is 2.36. The minimum absolute atomic E-state index is 0.106. The summed E-state index contributed by atoms with van der Waals surface area (Å²) >= 11 is 0. The molecular weight excluding hydrogens is 699 g/mol. The van der Waals surface area contributed by atoms with Crippen molar-refractivity contribution < 1.29 is 37.9 Å². The van der Waals surface area contributed by atoms with Gasteiger partial charge in [-0.15, -0.1) is 0 Å². The molecule has 54 heavy (non-hydrogen) atoms. The highest BCUT2D eigenvalue weighted by Gasteiger charge is 2.22. The molecule has 1 unspecified atom stereocenters. The van der Waals surface area contributed by atoms with Crippen LogP contribution < -0.4 is 0 Å². The summed E-state index contributed by atoms with van der Waals surface area (Å²) in [5, 5.41) is 0. The van der Waals surface area contributed by atoms with Gasteiger partial charge in [0.05, 0.1) is 6.61 Å². The fraction of sp³-hybridized carbons (Fsp3) is 0.822. The van der Waals surface area contributed by atoms with E-state index in [9.17, 15) is 14.2 Å². The van der Waals surface area contributed by atoms with Crippen LogP contribution in [-0.2, 0) is 28.2 Å². The van der Waals surface area contributed by atoms with Crippen molar-refractivity contribution >= 4 is 19.8 Å². The lowest BCUT2D eigenvalue weighted by atomic mass is 10.0. The van der Waals surface area contributed by atoms with Gasteiger partial charge in [0.15, 0.2) is 6.10 Å². The van der Waals surface area contributed by atoms with Crippen LogP contribution in [0.25, 0.3) is 0 Å². The number of rotatable bonds is 41. The third kappa shape index (κ3) is 43.0. The largest absolute Gasteiger partial charge is 0.469 e. The predicted molar refractivity (Wildman–Crippen MR) is 225 cm³/mol. The Morgan fingerprint density at radius 3 is 1.31 bits per heavy atom. The maximum atomic E-state index is 12.3. The number of phosphoric ester groups is 1. The zero-order chi connectivity index (χ0) is 39.6. The molecule has 0 spiro atoms. The lowest BCUT2D eigenvalue weighted by Crippen LogP contribution is -2.29. The van der Waals surface area contributed by atoms with Crippen LogP contribution in [-0.4, -0.2) is 41.0 Å². The monoisotopic (exact) mass is 783 g/mol. The molecule has 0 aliphatic carbocycles. The molecule has 0 saturated heterocycles. The van der Waals surface area contributed by atoms with Crippen molar-refractivity contribution in [1.82, 2.24) is 0 Å². The van der Waals surface area contributed by atoms with E-state index >= 15 is 0 Å². The molecule has 9 heteroatoms. The first-order valence-electron chi connectivity index (χ1n) is 22.3. The topological polar surface area (TPSA) is 119 Å². The average molecular weight is 783 g/mol. The molecule has 316 valence electrons. The summed E-state index contributed by atoms with van der Waals surface area (Å²) < 4.78 is 26.3. The molecule has 1 atom stereocenters. The number of hydrogen-bond acceptors (Lipinski definition) is 6. The van der Waals surface area contributed by atoms with Crippen molar-refractivity contribution in [1.29, 1.82) is 0 Å². The van der Waals surface area contributed by atoms with Crippen LogP contribution in [0.4, 0.5) is 0 Å². The van der Waals surface area contributed by atoms with Crippen molar-refractivity contribution in [2.24, 2.45) is 0 Å². The van der Waals surface area contributed by atoms with Crippen molar-refractivity contribution in [2.45, 2.75) is 225 Å². The third-order valence-corrected chi connectivity index (χ3v) is 10.1. The number of allylic oxidation sites excluding steroid dienone is 6. The van der Waals surface area contributed by atoms with Gasteiger partial charge in [0, 0.05) is 12.8 Å². The summed E-state index contributed by atoms with van der Waals surface area (Å²) in [5.74, 6) is -0.963. The summed E-state index contributed by atoms with van der Waals surface area (Å²) in [6, 6.07) is 0. The third-order valence-electron chi connectivity index (χ3n) is 9.64. The minimum Gasteiger partial charge on any atom is -0.462 e. The van der Waals surface area contributed by atoms with E-state index in [1.54, 1.807) is 0 Å². The van der Waals surface area contributed by atoms with Crippen LogP contribution >= 0.6 is 7.82 Å². The number of hydrogen-bond donors (Lipinski definition) is 2. The first-order valence-corrected chi connectivity index (χ1v) is 23.8. The molecule has 0 rings (SSSR count). The predicted octanol–water partition coefficient (Wildman–Crippen LogP) is 13.7. The standard InChI is InChI=1S/C45H83O8P/c1-3-5-7-9-11-13-15-17-18-19-20-21-22-23-24-25-26-28-29-31-33-35-37-39-44(46)51-41-43(42-52-54(48,49)50)53-45(47)40-38-36-34-32-30-27-16-14-12-10-8-6-4-2/h23-24,27,30,34,36,43H,3-22,25-26,28-29,31-33,35,37-42H2,1-2H3,(H2,48,49,50)/b24-23+,30-27+,36-34+. The van der Waals surface area contributed by atoms with Gasteiger partial charge >= 0.3 is 19.8 Å². The van der Waals surface area contributed by atoms with E-state index in [0.29, 0.717) is 12.8 Å². The molecule has 0 aliphatic rings. The Balaban J connectivity index is 3.88. The number of esters is 2. The molecule has 0 bridgehead atoms. The van der Waals surface area contributed by atoms with Gasteiger partial charge in [0.1, 0.15) is 6.61 Å². The minimum atomic E-state index is -4.77. The molecule has 0 amide bonds. The fourth-order valence-electron chi connectivity index (χ4n) is 6.30.